The van der Waals surface area contributed by atoms with E-state index in [1.54, 1.807) is 6.07 Å². The molecule has 0 unspecified atom stereocenters. The van der Waals surface area contributed by atoms with Crippen LogP contribution in [0.4, 0.5) is 10.1 Å². The highest BCUT2D eigenvalue weighted by atomic mass is 79.9. The standard InChI is InChI=1S/C14H17BrFN3/c1-3-11-8-12(19(4-2)18-11)9-17-14-6-5-10(16)7-13(14)15/h5-8,17H,3-4,9H2,1-2H3. The lowest BCUT2D eigenvalue weighted by molar-refractivity contribution is 0.618. The number of halogens is 2. The molecule has 2 rings (SSSR count). The monoisotopic (exact) mass is 325 g/mol. The summed E-state index contributed by atoms with van der Waals surface area (Å²) < 4.78 is 15.7. The van der Waals surface area contributed by atoms with Crippen LogP contribution in [0.15, 0.2) is 28.7 Å². The number of hydrogen-bond donors (Lipinski definition) is 1. The average molecular weight is 326 g/mol. The van der Waals surface area contributed by atoms with Crippen LogP contribution < -0.4 is 5.32 Å². The smallest absolute Gasteiger partial charge is 0.124 e. The minimum atomic E-state index is -0.246. The quantitative estimate of drug-likeness (QED) is 0.901. The second-order valence-electron chi connectivity index (χ2n) is 4.27. The van der Waals surface area contributed by atoms with Crippen molar-refractivity contribution in [2.75, 3.05) is 5.32 Å². The predicted molar refractivity (Wildman–Crippen MR) is 78.7 cm³/mol. The molecule has 0 saturated carbocycles. The van der Waals surface area contributed by atoms with Crippen LogP contribution >= 0.6 is 15.9 Å². The summed E-state index contributed by atoms with van der Waals surface area (Å²) in [7, 11) is 0. The first-order chi connectivity index (χ1) is 9.13. The van der Waals surface area contributed by atoms with Gasteiger partial charge in [0.25, 0.3) is 0 Å². The molecule has 0 amide bonds. The Morgan fingerprint density at radius 3 is 2.74 bits per heavy atom. The molecule has 0 saturated heterocycles. The largest absolute Gasteiger partial charge is 0.378 e. The van der Waals surface area contributed by atoms with Crippen molar-refractivity contribution in [1.82, 2.24) is 9.78 Å². The third-order valence-corrected chi connectivity index (χ3v) is 3.62. The topological polar surface area (TPSA) is 29.9 Å². The third-order valence-electron chi connectivity index (χ3n) is 2.97. The maximum atomic E-state index is 13.0. The second-order valence-corrected chi connectivity index (χ2v) is 5.13. The summed E-state index contributed by atoms with van der Waals surface area (Å²) in [6.07, 6.45) is 0.931. The Labute approximate surface area is 121 Å². The van der Waals surface area contributed by atoms with Gasteiger partial charge < -0.3 is 5.32 Å². The van der Waals surface area contributed by atoms with Crippen LogP contribution in [0.5, 0.6) is 0 Å². The average Bonchev–Trinajstić information content (AvgIpc) is 2.80. The molecule has 0 spiro atoms. The van der Waals surface area contributed by atoms with Gasteiger partial charge in [0.2, 0.25) is 0 Å². The molecule has 102 valence electrons. The third kappa shape index (κ3) is 3.35. The molecule has 0 aliphatic rings. The Balaban J connectivity index is 2.11. The molecule has 0 fully saturated rings. The molecule has 0 aliphatic carbocycles. The van der Waals surface area contributed by atoms with Gasteiger partial charge in [0.15, 0.2) is 0 Å². The van der Waals surface area contributed by atoms with Gasteiger partial charge in [-0.05, 0) is 53.5 Å². The van der Waals surface area contributed by atoms with Crippen molar-refractivity contribution < 1.29 is 4.39 Å². The molecule has 0 bridgehead atoms. The zero-order chi connectivity index (χ0) is 13.8. The first-order valence-corrected chi connectivity index (χ1v) is 7.17. The minimum Gasteiger partial charge on any atom is -0.378 e. The van der Waals surface area contributed by atoms with E-state index in [0.29, 0.717) is 6.54 Å². The number of aryl methyl sites for hydroxylation is 2. The normalized spacial score (nSPS) is 10.7. The van der Waals surface area contributed by atoms with Crippen LogP contribution in [0.25, 0.3) is 0 Å². The Hall–Kier alpha value is -1.36. The minimum absolute atomic E-state index is 0.246. The van der Waals surface area contributed by atoms with Crippen LogP contribution in [0.2, 0.25) is 0 Å². The van der Waals surface area contributed by atoms with E-state index in [2.05, 4.69) is 46.3 Å². The van der Waals surface area contributed by atoms with Crippen molar-refractivity contribution in [3.63, 3.8) is 0 Å². The summed E-state index contributed by atoms with van der Waals surface area (Å²) >= 11 is 3.35. The van der Waals surface area contributed by atoms with Crippen molar-refractivity contribution in [2.45, 2.75) is 33.4 Å². The fourth-order valence-electron chi connectivity index (χ4n) is 1.92. The van der Waals surface area contributed by atoms with Crippen molar-refractivity contribution in [2.24, 2.45) is 0 Å². The van der Waals surface area contributed by atoms with Crippen molar-refractivity contribution >= 4 is 21.6 Å². The van der Waals surface area contributed by atoms with Crippen molar-refractivity contribution in [1.29, 1.82) is 0 Å². The highest BCUT2D eigenvalue weighted by molar-refractivity contribution is 9.10. The van der Waals surface area contributed by atoms with Crippen molar-refractivity contribution in [3.8, 4) is 0 Å². The van der Waals surface area contributed by atoms with Crippen LogP contribution in [0.1, 0.15) is 25.2 Å². The summed E-state index contributed by atoms with van der Waals surface area (Å²) in [5.74, 6) is -0.246. The summed E-state index contributed by atoms with van der Waals surface area (Å²) in [4.78, 5) is 0. The molecule has 5 heteroatoms. The van der Waals surface area contributed by atoms with Gasteiger partial charge in [0.1, 0.15) is 5.82 Å². The lowest BCUT2D eigenvalue weighted by atomic mass is 10.3. The van der Waals surface area contributed by atoms with E-state index in [1.807, 2.05) is 4.68 Å². The van der Waals surface area contributed by atoms with E-state index in [9.17, 15) is 4.39 Å². The zero-order valence-electron chi connectivity index (χ0n) is 11.1. The lowest BCUT2D eigenvalue weighted by Gasteiger charge is -2.09. The number of benzene rings is 1. The van der Waals surface area contributed by atoms with Gasteiger partial charge in [0, 0.05) is 16.7 Å². The first kappa shape index (κ1) is 14.1. The Bertz CT molecular complexity index is 566. The maximum absolute atomic E-state index is 13.0. The van der Waals surface area contributed by atoms with Gasteiger partial charge in [-0.15, -0.1) is 0 Å². The first-order valence-electron chi connectivity index (χ1n) is 6.38. The maximum Gasteiger partial charge on any atom is 0.124 e. The molecule has 3 nitrogen and oxygen atoms in total. The molecule has 1 N–H and O–H groups in total. The molecule has 1 aromatic carbocycles. The van der Waals surface area contributed by atoms with Crippen molar-refractivity contribution in [3.05, 3.63) is 45.9 Å². The molecule has 1 aromatic heterocycles. The molecule has 2 aromatic rings. The van der Waals surface area contributed by atoms with Gasteiger partial charge in [-0.1, -0.05) is 6.92 Å². The number of nitrogens with zero attached hydrogens (tertiary/aromatic N) is 2. The summed E-state index contributed by atoms with van der Waals surface area (Å²) in [5, 5.41) is 7.80. The van der Waals surface area contributed by atoms with Gasteiger partial charge in [-0.3, -0.25) is 4.68 Å². The molecular weight excluding hydrogens is 309 g/mol. The fourth-order valence-corrected chi connectivity index (χ4v) is 2.41. The highest BCUT2D eigenvalue weighted by Gasteiger charge is 2.07. The van der Waals surface area contributed by atoms with Gasteiger partial charge in [-0.2, -0.15) is 5.10 Å². The number of nitrogens with one attached hydrogen (secondary N) is 1. The molecule has 19 heavy (non-hydrogen) atoms. The molecular formula is C14H17BrFN3. The Kier molecular flexibility index (Phi) is 4.58. The van der Waals surface area contributed by atoms with Crippen LogP contribution in [-0.4, -0.2) is 9.78 Å². The van der Waals surface area contributed by atoms with E-state index in [1.165, 1.54) is 12.1 Å². The van der Waals surface area contributed by atoms with Gasteiger partial charge in [0.05, 0.1) is 17.9 Å². The fraction of sp³-hybridized carbons (Fsp3) is 0.357. The Morgan fingerprint density at radius 2 is 2.11 bits per heavy atom. The van der Waals surface area contributed by atoms with E-state index >= 15 is 0 Å². The van der Waals surface area contributed by atoms with Crippen LogP contribution in [0, 0.1) is 5.82 Å². The summed E-state index contributed by atoms with van der Waals surface area (Å²) in [6.45, 7) is 5.69. The van der Waals surface area contributed by atoms with Gasteiger partial charge in [-0.25, -0.2) is 4.39 Å². The zero-order valence-corrected chi connectivity index (χ0v) is 12.7. The molecule has 0 aliphatic heterocycles. The number of aromatic nitrogens is 2. The molecule has 0 atom stereocenters. The summed E-state index contributed by atoms with van der Waals surface area (Å²) in [6, 6.07) is 6.74. The molecule has 0 radical (unpaired) electrons. The summed E-state index contributed by atoms with van der Waals surface area (Å²) in [5.41, 5.74) is 3.11. The van der Waals surface area contributed by atoms with Gasteiger partial charge >= 0.3 is 0 Å². The Morgan fingerprint density at radius 1 is 1.32 bits per heavy atom. The van der Waals surface area contributed by atoms with Crippen LogP contribution in [-0.2, 0) is 19.5 Å². The molecule has 1 heterocycles. The van der Waals surface area contributed by atoms with E-state index in [-0.39, 0.29) is 5.82 Å². The lowest BCUT2D eigenvalue weighted by Crippen LogP contribution is -2.08. The number of hydrogen-bond acceptors (Lipinski definition) is 2. The number of rotatable bonds is 5. The predicted octanol–water partition coefficient (Wildman–Crippen LogP) is 3.98. The van der Waals surface area contributed by atoms with Crippen LogP contribution in [0.3, 0.4) is 0 Å². The number of anilines is 1. The SMILES string of the molecule is CCc1cc(CNc2ccc(F)cc2Br)n(CC)n1. The highest BCUT2D eigenvalue weighted by Crippen LogP contribution is 2.23. The van der Waals surface area contributed by atoms with E-state index in [0.717, 1.165) is 34.5 Å². The van der Waals surface area contributed by atoms with E-state index < -0.39 is 0 Å². The van der Waals surface area contributed by atoms with E-state index in [4.69, 9.17) is 0 Å². The second kappa shape index (κ2) is 6.19.